The number of amides is 2. The van der Waals surface area contributed by atoms with Crippen LogP contribution in [0.4, 0.5) is 0 Å². The minimum Gasteiger partial charge on any atom is -0.354 e. The van der Waals surface area contributed by atoms with Crippen LogP contribution < -0.4 is 10.6 Å². The Morgan fingerprint density at radius 3 is 2.53 bits per heavy atom. The lowest BCUT2D eigenvalue weighted by Gasteiger charge is -2.08. The summed E-state index contributed by atoms with van der Waals surface area (Å²) in [6.07, 6.45) is 0. The molecule has 0 fully saturated rings. The molecule has 0 atom stereocenters. The van der Waals surface area contributed by atoms with Crippen LogP contribution in [0.3, 0.4) is 0 Å². The van der Waals surface area contributed by atoms with Crippen molar-refractivity contribution in [1.29, 1.82) is 0 Å². The molecule has 5 nitrogen and oxygen atoms in total. The zero-order valence-corrected chi connectivity index (χ0v) is 11.1. The van der Waals surface area contributed by atoms with Gasteiger partial charge in [-0.25, -0.2) is 4.98 Å². The monoisotopic (exact) mass is 255 g/mol. The standard InChI is InChI=1S/C11H17N3O2S/c1-7(2)10(15)12-4-5-13-11(16)9-8(3)14-6-17-9/h6-7H,4-5H2,1-3H3,(H,12,15)(H,13,16). The average Bonchev–Trinajstić information content (AvgIpc) is 2.70. The maximum atomic E-state index is 11.7. The van der Waals surface area contributed by atoms with Crippen LogP contribution in [-0.2, 0) is 4.79 Å². The van der Waals surface area contributed by atoms with E-state index in [1.165, 1.54) is 11.3 Å². The zero-order chi connectivity index (χ0) is 12.8. The Kier molecular flexibility index (Phi) is 5.09. The van der Waals surface area contributed by atoms with Gasteiger partial charge >= 0.3 is 0 Å². The van der Waals surface area contributed by atoms with Crippen LogP contribution in [0.2, 0.25) is 0 Å². The van der Waals surface area contributed by atoms with Gasteiger partial charge in [-0.2, -0.15) is 0 Å². The Labute approximate surface area is 105 Å². The molecule has 0 spiro atoms. The van der Waals surface area contributed by atoms with Gasteiger partial charge in [0.05, 0.1) is 11.2 Å². The molecule has 0 saturated carbocycles. The number of hydrogen-bond donors (Lipinski definition) is 2. The van der Waals surface area contributed by atoms with Crippen LogP contribution in [0.5, 0.6) is 0 Å². The number of thiazole rings is 1. The first kappa shape index (κ1) is 13.6. The number of nitrogens with zero attached hydrogens (tertiary/aromatic N) is 1. The van der Waals surface area contributed by atoms with Gasteiger partial charge in [-0.1, -0.05) is 13.8 Å². The summed E-state index contributed by atoms with van der Waals surface area (Å²) in [5, 5.41) is 5.47. The number of rotatable bonds is 5. The van der Waals surface area contributed by atoms with E-state index in [0.29, 0.717) is 18.0 Å². The lowest BCUT2D eigenvalue weighted by atomic mass is 10.2. The molecule has 0 aliphatic carbocycles. The number of nitrogens with one attached hydrogen (secondary N) is 2. The second kappa shape index (κ2) is 6.34. The molecule has 0 unspecified atom stereocenters. The highest BCUT2D eigenvalue weighted by molar-refractivity contribution is 7.11. The molecular weight excluding hydrogens is 238 g/mol. The first-order valence-electron chi connectivity index (χ1n) is 5.48. The fourth-order valence-electron chi connectivity index (χ4n) is 1.17. The van der Waals surface area contributed by atoms with Crippen molar-refractivity contribution in [2.75, 3.05) is 13.1 Å². The minimum atomic E-state index is -0.135. The summed E-state index contributed by atoms with van der Waals surface area (Å²) in [5.41, 5.74) is 2.38. The summed E-state index contributed by atoms with van der Waals surface area (Å²) in [6, 6.07) is 0. The lowest BCUT2D eigenvalue weighted by Crippen LogP contribution is -2.36. The molecular formula is C11H17N3O2S. The maximum Gasteiger partial charge on any atom is 0.263 e. The largest absolute Gasteiger partial charge is 0.354 e. The molecule has 1 rings (SSSR count). The average molecular weight is 255 g/mol. The van der Waals surface area contributed by atoms with E-state index in [0.717, 1.165) is 5.69 Å². The van der Waals surface area contributed by atoms with Gasteiger partial charge in [0, 0.05) is 19.0 Å². The molecule has 0 aliphatic heterocycles. The molecule has 94 valence electrons. The fraction of sp³-hybridized carbons (Fsp3) is 0.545. The van der Waals surface area contributed by atoms with E-state index in [1.807, 2.05) is 13.8 Å². The smallest absolute Gasteiger partial charge is 0.263 e. The molecule has 0 aliphatic rings. The van der Waals surface area contributed by atoms with Crippen LogP contribution in [-0.4, -0.2) is 29.9 Å². The molecule has 1 aromatic heterocycles. The van der Waals surface area contributed by atoms with Crippen LogP contribution in [0, 0.1) is 12.8 Å². The molecule has 0 radical (unpaired) electrons. The Bertz CT molecular complexity index is 401. The second-order valence-corrected chi connectivity index (χ2v) is 4.82. The first-order chi connectivity index (χ1) is 8.02. The molecule has 1 heterocycles. The van der Waals surface area contributed by atoms with Gasteiger partial charge in [0.2, 0.25) is 5.91 Å². The van der Waals surface area contributed by atoms with E-state index in [1.54, 1.807) is 12.4 Å². The molecule has 0 saturated heterocycles. The van der Waals surface area contributed by atoms with E-state index >= 15 is 0 Å². The van der Waals surface area contributed by atoms with E-state index in [-0.39, 0.29) is 17.7 Å². The van der Waals surface area contributed by atoms with Gasteiger partial charge in [0.1, 0.15) is 4.88 Å². The topological polar surface area (TPSA) is 71.1 Å². The molecule has 2 amide bonds. The third-order valence-electron chi connectivity index (χ3n) is 2.19. The summed E-state index contributed by atoms with van der Waals surface area (Å²) < 4.78 is 0. The lowest BCUT2D eigenvalue weighted by molar-refractivity contribution is -0.123. The molecule has 1 aromatic rings. The molecule has 6 heteroatoms. The summed E-state index contributed by atoms with van der Waals surface area (Å²) in [7, 11) is 0. The highest BCUT2D eigenvalue weighted by Gasteiger charge is 2.11. The fourth-order valence-corrected chi connectivity index (χ4v) is 1.88. The summed E-state index contributed by atoms with van der Waals surface area (Å²) in [4.78, 5) is 27.5. The Morgan fingerprint density at radius 2 is 2.00 bits per heavy atom. The van der Waals surface area contributed by atoms with Crippen molar-refractivity contribution in [3.05, 3.63) is 16.1 Å². The third-order valence-corrected chi connectivity index (χ3v) is 3.11. The molecule has 0 aromatic carbocycles. The zero-order valence-electron chi connectivity index (χ0n) is 10.2. The van der Waals surface area contributed by atoms with Crippen molar-refractivity contribution >= 4 is 23.2 Å². The van der Waals surface area contributed by atoms with Crippen LogP contribution in [0.25, 0.3) is 0 Å². The van der Waals surface area contributed by atoms with Gasteiger partial charge in [0.15, 0.2) is 0 Å². The Balaban J connectivity index is 2.26. The van der Waals surface area contributed by atoms with Crippen LogP contribution in [0.1, 0.15) is 29.2 Å². The van der Waals surface area contributed by atoms with Crippen LogP contribution >= 0.6 is 11.3 Å². The quantitative estimate of drug-likeness (QED) is 0.770. The van der Waals surface area contributed by atoms with Gasteiger partial charge < -0.3 is 10.6 Å². The summed E-state index contributed by atoms with van der Waals surface area (Å²) >= 11 is 1.32. The Hall–Kier alpha value is -1.43. The third kappa shape index (κ3) is 4.14. The van der Waals surface area contributed by atoms with E-state index in [9.17, 15) is 9.59 Å². The van der Waals surface area contributed by atoms with Crippen molar-refractivity contribution in [2.45, 2.75) is 20.8 Å². The van der Waals surface area contributed by atoms with Crippen molar-refractivity contribution in [1.82, 2.24) is 15.6 Å². The normalized spacial score (nSPS) is 10.4. The predicted molar refractivity (Wildman–Crippen MR) is 67.0 cm³/mol. The molecule has 0 bridgehead atoms. The number of aromatic nitrogens is 1. The number of carbonyl (C=O) groups is 2. The van der Waals surface area contributed by atoms with Gasteiger partial charge in [-0.15, -0.1) is 11.3 Å². The van der Waals surface area contributed by atoms with Crippen molar-refractivity contribution in [3.8, 4) is 0 Å². The maximum absolute atomic E-state index is 11.7. The number of hydrogen-bond acceptors (Lipinski definition) is 4. The van der Waals surface area contributed by atoms with E-state index in [2.05, 4.69) is 15.6 Å². The number of aryl methyl sites for hydroxylation is 1. The highest BCUT2D eigenvalue weighted by atomic mass is 32.1. The highest BCUT2D eigenvalue weighted by Crippen LogP contribution is 2.10. The Morgan fingerprint density at radius 1 is 1.35 bits per heavy atom. The van der Waals surface area contributed by atoms with Gasteiger partial charge in [-0.3, -0.25) is 9.59 Å². The summed E-state index contributed by atoms with van der Waals surface area (Å²) in [5.74, 6) is -0.175. The first-order valence-corrected chi connectivity index (χ1v) is 6.36. The van der Waals surface area contributed by atoms with Crippen molar-refractivity contribution in [3.63, 3.8) is 0 Å². The van der Waals surface area contributed by atoms with E-state index in [4.69, 9.17) is 0 Å². The minimum absolute atomic E-state index is 0.00628. The SMILES string of the molecule is Cc1ncsc1C(=O)NCCNC(=O)C(C)C. The molecule has 2 N–H and O–H groups in total. The van der Waals surface area contributed by atoms with E-state index < -0.39 is 0 Å². The summed E-state index contributed by atoms with van der Waals surface area (Å²) in [6.45, 7) is 6.32. The van der Waals surface area contributed by atoms with Gasteiger partial charge in [-0.05, 0) is 6.92 Å². The molecule has 17 heavy (non-hydrogen) atoms. The second-order valence-electron chi connectivity index (χ2n) is 3.97. The van der Waals surface area contributed by atoms with Crippen LogP contribution in [0.15, 0.2) is 5.51 Å². The number of carbonyl (C=O) groups excluding carboxylic acids is 2. The van der Waals surface area contributed by atoms with Crippen molar-refractivity contribution in [2.24, 2.45) is 5.92 Å². The van der Waals surface area contributed by atoms with Gasteiger partial charge in [0.25, 0.3) is 5.91 Å². The van der Waals surface area contributed by atoms with Crippen molar-refractivity contribution < 1.29 is 9.59 Å². The predicted octanol–water partition coefficient (Wildman–Crippen LogP) is 0.954.